The van der Waals surface area contributed by atoms with Gasteiger partial charge in [-0.1, -0.05) is 32.0 Å². The summed E-state index contributed by atoms with van der Waals surface area (Å²) in [7, 11) is 0. The van der Waals surface area contributed by atoms with Gasteiger partial charge in [-0.15, -0.1) is 0 Å². The number of amides is 2. The highest BCUT2D eigenvalue weighted by atomic mass is 16.5. The lowest BCUT2D eigenvalue weighted by molar-refractivity contribution is -0.122. The first-order valence-electron chi connectivity index (χ1n) is 11.3. The van der Waals surface area contributed by atoms with Crippen molar-refractivity contribution in [2.24, 2.45) is 5.92 Å². The van der Waals surface area contributed by atoms with Crippen LogP contribution in [0.1, 0.15) is 67.3 Å². The zero-order chi connectivity index (χ0) is 22.0. The number of fused-ring (bicyclic) bond motifs is 1. The number of furan rings is 1. The molecule has 1 atom stereocenters. The van der Waals surface area contributed by atoms with E-state index in [4.69, 9.17) is 9.15 Å². The summed E-state index contributed by atoms with van der Waals surface area (Å²) < 4.78 is 12.0. The second kappa shape index (κ2) is 8.77. The quantitative estimate of drug-likeness (QED) is 0.777. The molecule has 2 aliphatic rings. The number of carbonyl (C=O) groups is 2. The second-order valence-electron chi connectivity index (χ2n) is 9.33. The third-order valence-corrected chi connectivity index (χ3v) is 6.36. The third kappa shape index (κ3) is 4.78. The van der Waals surface area contributed by atoms with Gasteiger partial charge < -0.3 is 19.4 Å². The summed E-state index contributed by atoms with van der Waals surface area (Å²) in [6.45, 7) is 7.96. The van der Waals surface area contributed by atoms with Crippen LogP contribution in [0.3, 0.4) is 0 Å². The average Bonchev–Trinajstić information content (AvgIpc) is 3.18. The van der Waals surface area contributed by atoms with Crippen LogP contribution in [0.2, 0.25) is 0 Å². The Kier molecular flexibility index (Phi) is 6.08. The van der Waals surface area contributed by atoms with Crippen molar-refractivity contribution < 1.29 is 18.7 Å². The second-order valence-corrected chi connectivity index (χ2v) is 9.33. The number of hydrogen-bond acceptors (Lipinski definition) is 4. The Balaban J connectivity index is 1.45. The number of benzene rings is 1. The highest BCUT2D eigenvalue weighted by molar-refractivity contribution is 5.91. The first-order valence-corrected chi connectivity index (χ1v) is 11.3. The summed E-state index contributed by atoms with van der Waals surface area (Å²) in [4.78, 5) is 27.2. The maximum Gasteiger partial charge on any atom is 0.289 e. The molecule has 3 heterocycles. The number of rotatable bonds is 5. The van der Waals surface area contributed by atoms with Crippen molar-refractivity contribution in [2.45, 2.75) is 58.0 Å². The number of piperidine rings is 1. The smallest absolute Gasteiger partial charge is 0.289 e. The van der Waals surface area contributed by atoms with Gasteiger partial charge in [-0.25, -0.2) is 0 Å². The van der Waals surface area contributed by atoms with Crippen LogP contribution in [-0.4, -0.2) is 41.9 Å². The molecule has 1 aromatic heterocycles. The van der Waals surface area contributed by atoms with Gasteiger partial charge in [-0.05, 0) is 43.0 Å². The highest BCUT2D eigenvalue weighted by Crippen LogP contribution is 2.46. The molecule has 0 saturated carbocycles. The van der Waals surface area contributed by atoms with E-state index in [2.05, 4.69) is 25.2 Å². The van der Waals surface area contributed by atoms with Crippen LogP contribution in [0.25, 0.3) is 0 Å². The Morgan fingerprint density at radius 3 is 2.58 bits per heavy atom. The lowest BCUT2D eigenvalue weighted by Gasteiger charge is -2.46. The van der Waals surface area contributed by atoms with Crippen LogP contribution in [0, 0.1) is 12.8 Å². The monoisotopic (exact) mass is 424 g/mol. The van der Waals surface area contributed by atoms with Crippen molar-refractivity contribution in [2.75, 3.05) is 19.6 Å². The summed E-state index contributed by atoms with van der Waals surface area (Å²) in [6, 6.07) is 11.6. The SMILES string of the molecule is Cc1ccc(C(=O)N2CCC3(CC2)CC(CC(=O)NCC(C)C)c2ccccc2O3)o1. The van der Waals surface area contributed by atoms with Gasteiger partial charge in [0.2, 0.25) is 5.91 Å². The first kappa shape index (κ1) is 21.5. The molecular formula is C25H32N2O4. The molecule has 0 bridgehead atoms. The predicted molar refractivity (Wildman–Crippen MR) is 118 cm³/mol. The van der Waals surface area contributed by atoms with E-state index in [-0.39, 0.29) is 23.3 Å². The van der Waals surface area contributed by atoms with E-state index in [0.717, 1.165) is 36.3 Å². The molecule has 2 aliphatic heterocycles. The van der Waals surface area contributed by atoms with Gasteiger partial charge in [0.05, 0.1) is 0 Å². The number of nitrogens with one attached hydrogen (secondary N) is 1. The molecule has 2 aromatic rings. The molecule has 0 radical (unpaired) electrons. The van der Waals surface area contributed by atoms with Crippen molar-refractivity contribution in [1.29, 1.82) is 0 Å². The molecule has 31 heavy (non-hydrogen) atoms. The van der Waals surface area contributed by atoms with Gasteiger partial charge in [-0.2, -0.15) is 0 Å². The predicted octanol–water partition coefficient (Wildman–Crippen LogP) is 4.29. The minimum absolute atomic E-state index is 0.0660. The molecule has 1 N–H and O–H groups in total. The van der Waals surface area contributed by atoms with Crippen LogP contribution >= 0.6 is 0 Å². The van der Waals surface area contributed by atoms with Gasteiger partial charge in [0.25, 0.3) is 5.91 Å². The maximum atomic E-state index is 12.8. The minimum atomic E-state index is -0.340. The average molecular weight is 425 g/mol. The summed E-state index contributed by atoms with van der Waals surface area (Å²) in [6.07, 6.45) is 2.75. The van der Waals surface area contributed by atoms with Crippen molar-refractivity contribution in [3.05, 3.63) is 53.5 Å². The topological polar surface area (TPSA) is 71.8 Å². The molecule has 166 valence electrons. The summed E-state index contributed by atoms with van der Waals surface area (Å²) in [5.41, 5.74) is 0.769. The molecule has 1 saturated heterocycles. The van der Waals surface area contributed by atoms with Crippen LogP contribution in [0.5, 0.6) is 5.75 Å². The van der Waals surface area contributed by atoms with Crippen LogP contribution < -0.4 is 10.1 Å². The summed E-state index contributed by atoms with van der Waals surface area (Å²) >= 11 is 0. The molecular weight excluding hydrogens is 392 g/mol. The van der Waals surface area contributed by atoms with E-state index in [1.54, 1.807) is 6.07 Å². The summed E-state index contributed by atoms with van der Waals surface area (Å²) in [5, 5.41) is 3.05. The van der Waals surface area contributed by atoms with Crippen molar-refractivity contribution in [1.82, 2.24) is 10.2 Å². The number of hydrogen-bond donors (Lipinski definition) is 1. The number of para-hydroxylation sites is 1. The largest absolute Gasteiger partial charge is 0.487 e. The van der Waals surface area contributed by atoms with Crippen LogP contribution in [0.15, 0.2) is 40.8 Å². The van der Waals surface area contributed by atoms with Crippen molar-refractivity contribution in [3.63, 3.8) is 0 Å². The number of likely N-dealkylation sites (tertiary alicyclic amines) is 1. The molecule has 6 heteroatoms. The van der Waals surface area contributed by atoms with Gasteiger partial charge in [0.15, 0.2) is 5.76 Å². The maximum absolute atomic E-state index is 12.8. The van der Waals surface area contributed by atoms with Crippen LogP contribution in [0.4, 0.5) is 0 Å². The van der Waals surface area contributed by atoms with E-state index in [1.165, 1.54) is 0 Å². The molecule has 4 rings (SSSR count). The fourth-order valence-electron chi connectivity index (χ4n) is 4.67. The molecule has 1 spiro atoms. The number of carbonyl (C=O) groups excluding carboxylic acids is 2. The lowest BCUT2D eigenvalue weighted by Crippen LogP contribution is -2.52. The lowest BCUT2D eigenvalue weighted by atomic mass is 9.76. The van der Waals surface area contributed by atoms with E-state index in [9.17, 15) is 9.59 Å². The normalized spacial score (nSPS) is 19.7. The minimum Gasteiger partial charge on any atom is -0.487 e. The van der Waals surface area contributed by atoms with E-state index < -0.39 is 0 Å². The third-order valence-electron chi connectivity index (χ3n) is 6.36. The van der Waals surface area contributed by atoms with Crippen molar-refractivity contribution in [3.8, 4) is 5.75 Å². The molecule has 0 aliphatic carbocycles. The Bertz CT molecular complexity index is 941. The highest BCUT2D eigenvalue weighted by Gasteiger charge is 2.44. The van der Waals surface area contributed by atoms with Gasteiger partial charge in [0.1, 0.15) is 17.1 Å². The fourth-order valence-corrected chi connectivity index (χ4v) is 4.67. The number of aryl methyl sites for hydroxylation is 1. The Morgan fingerprint density at radius 2 is 1.90 bits per heavy atom. The van der Waals surface area contributed by atoms with Crippen LogP contribution in [-0.2, 0) is 4.79 Å². The number of ether oxygens (including phenoxy) is 1. The zero-order valence-corrected chi connectivity index (χ0v) is 18.6. The summed E-state index contributed by atoms with van der Waals surface area (Å²) in [5.74, 6) is 2.57. The van der Waals surface area contributed by atoms with Gasteiger partial charge in [0, 0.05) is 44.8 Å². The number of nitrogens with zero attached hydrogens (tertiary/aromatic N) is 1. The van der Waals surface area contributed by atoms with E-state index >= 15 is 0 Å². The molecule has 1 fully saturated rings. The molecule has 1 unspecified atom stereocenters. The Morgan fingerprint density at radius 1 is 1.16 bits per heavy atom. The molecule has 2 amide bonds. The van der Waals surface area contributed by atoms with Gasteiger partial charge in [-0.3, -0.25) is 9.59 Å². The van der Waals surface area contributed by atoms with E-state index in [1.807, 2.05) is 36.1 Å². The molecule has 1 aromatic carbocycles. The first-order chi connectivity index (χ1) is 14.8. The Labute approximate surface area is 183 Å². The van der Waals surface area contributed by atoms with Crippen molar-refractivity contribution >= 4 is 11.8 Å². The standard InChI is InChI=1S/C25H32N2O4/c1-17(2)16-26-23(28)14-19-15-25(31-21-7-5-4-6-20(19)21)10-12-27(13-11-25)24(29)22-9-8-18(3)30-22/h4-9,17,19H,10-16H2,1-3H3,(H,26,28). The molecule has 6 nitrogen and oxygen atoms in total. The van der Waals surface area contributed by atoms with Gasteiger partial charge >= 0.3 is 0 Å². The Hall–Kier alpha value is -2.76. The van der Waals surface area contributed by atoms with E-state index in [0.29, 0.717) is 37.7 Å². The zero-order valence-electron chi connectivity index (χ0n) is 18.6. The fraction of sp³-hybridized carbons (Fsp3) is 0.520.